The van der Waals surface area contributed by atoms with Crippen molar-refractivity contribution in [3.63, 3.8) is 0 Å². The Morgan fingerprint density at radius 1 is 1.00 bits per heavy atom. The third kappa shape index (κ3) is 6.33. The third-order valence-electron chi connectivity index (χ3n) is 4.91. The van der Waals surface area contributed by atoms with Gasteiger partial charge in [0.1, 0.15) is 12.3 Å². The van der Waals surface area contributed by atoms with E-state index in [4.69, 9.17) is 20.4 Å². The lowest BCUT2D eigenvalue weighted by Crippen LogP contribution is -2.37. The first kappa shape index (κ1) is 22.4. The monoisotopic (exact) mass is 463 g/mol. The summed E-state index contributed by atoms with van der Waals surface area (Å²) in [6.07, 6.45) is 3.60. The number of halogens is 1. The van der Waals surface area contributed by atoms with Crippen LogP contribution in [0.5, 0.6) is 0 Å². The molecule has 0 spiro atoms. The van der Waals surface area contributed by atoms with Crippen molar-refractivity contribution < 1.29 is 18.4 Å². The predicted octanol–water partition coefficient (Wildman–Crippen LogP) is 5.19. The SMILES string of the molecule is O=C(CN(Cc1ccco1)C(=O)CCc1ncc(-c2ccc(Cl)cc2)o1)Nc1ccccc1. The number of oxazole rings is 1. The van der Waals surface area contributed by atoms with Crippen molar-refractivity contribution in [2.45, 2.75) is 19.4 Å². The van der Waals surface area contributed by atoms with Crippen LogP contribution in [0.2, 0.25) is 5.02 Å². The Morgan fingerprint density at radius 2 is 1.79 bits per heavy atom. The van der Waals surface area contributed by atoms with E-state index in [1.54, 1.807) is 42.6 Å². The van der Waals surface area contributed by atoms with Gasteiger partial charge in [-0.1, -0.05) is 29.8 Å². The van der Waals surface area contributed by atoms with Crippen LogP contribution >= 0.6 is 11.6 Å². The molecule has 0 unspecified atom stereocenters. The van der Waals surface area contributed by atoms with Gasteiger partial charge in [0.15, 0.2) is 11.7 Å². The Kier molecular flexibility index (Phi) is 7.22. The molecule has 0 saturated heterocycles. The zero-order valence-electron chi connectivity index (χ0n) is 17.7. The molecule has 4 aromatic rings. The number of nitrogens with zero attached hydrogens (tertiary/aromatic N) is 2. The van der Waals surface area contributed by atoms with E-state index in [1.165, 1.54) is 11.2 Å². The van der Waals surface area contributed by atoms with E-state index in [0.717, 1.165) is 5.56 Å². The Labute approximate surface area is 196 Å². The van der Waals surface area contributed by atoms with E-state index >= 15 is 0 Å². The summed E-state index contributed by atoms with van der Waals surface area (Å²) in [6.45, 7) is 0.0890. The molecule has 168 valence electrons. The molecule has 0 atom stereocenters. The highest BCUT2D eigenvalue weighted by molar-refractivity contribution is 6.30. The number of hydrogen-bond donors (Lipinski definition) is 1. The molecule has 7 nitrogen and oxygen atoms in total. The first-order valence-corrected chi connectivity index (χ1v) is 10.8. The fourth-order valence-corrected chi connectivity index (χ4v) is 3.39. The lowest BCUT2D eigenvalue weighted by atomic mass is 10.2. The molecule has 0 bridgehead atoms. The number of benzene rings is 2. The van der Waals surface area contributed by atoms with Crippen LogP contribution < -0.4 is 5.32 Å². The highest BCUT2D eigenvalue weighted by atomic mass is 35.5. The van der Waals surface area contributed by atoms with Gasteiger partial charge in [0.25, 0.3) is 0 Å². The van der Waals surface area contributed by atoms with Gasteiger partial charge in [-0.25, -0.2) is 4.98 Å². The summed E-state index contributed by atoms with van der Waals surface area (Å²) in [5.41, 5.74) is 1.52. The van der Waals surface area contributed by atoms with Crippen LogP contribution in [0.1, 0.15) is 18.1 Å². The molecule has 0 fully saturated rings. The van der Waals surface area contributed by atoms with Gasteiger partial charge in [-0.05, 0) is 48.5 Å². The number of carbonyl (C=O) groups excluding carboxylic acids is 2. The molecule has 0 radical (unpaired) electrons. The molecule has 1 N–H and O–H groups in total. The molecule has 0 aliphatic carbocycles. The summed E-state index contributed by atoms with van der Waals surface area (Å²) < 4.78 is 11.2. The molecule has 2 amide bonds. The maximum absolute atomic E-state index is 13.0. The van der Waals surface area contributed by atoms with Gasteiger partial charge in [-0.3, -0.25) is 9.59 Å². The van der Waals surface area contributed by atoms with Gasteiger partial charge in [0.2, 0.25) is 11.8 Å². The zero-order valence-corrected chi connectivity index (χ0v) is 18.5. The first-order chi connectivity index (χ1) is 16.1. The number of para-hydroxylation sites is 1. The van der Waals surface area contributed by atoms with Gasteiger partial charge < -0.3 is 19.1 Å². The van der Waals surface area contributed by atoms with E-state index in [9.17, 15) is 9.59 Å². The highest BCUT2D eigenvalue weighted by Crippen LogP contribution is 2.23. The normalized spacial score (nSPS) is 10.7. The molecule has 2 aromatic carbocycles. The summed E-state index contributed by atoms with van der Waals surface area (Å²) >= 11 is 5.93. The smallest absolute Gasteiger partial charge is 0.244 e. The van der Waals surface area contributed by atoms with E-state index in [-0.39, 0.29) is 31.3 Å². The van der Waals surface area contributed by atoms with Gasteiger partial charge in [-0.2, -0.15) is 0 Å². The van der Waals surface area contributed by atoms with Crippen LogP contribution in [-0.4, -0.2) is 28.2 Å². The van der Waals surface area contributed by atoms with Crippen LogP contribution in [0.25, 0.3) is 11.3 Å². The van der Waals surface area contributed by atoms with Crippen molar-refractivity contribution in [3.05, 3.63) is 95.9 Å². The Morgan fingerprint density at radius 3 is 2.52 bits per heavy atom. The lowest BCUT2D eigenvalue weighted by Gasteiger charge is -2.21. The van der Waals surface area contributed by atoms with E-state index in [0.29, 0.717) is 34.5 Å². The van der Waals surface area contributed by atoms with Gasteiger partial charge in [0.05, 0.1) is 19.0 Å². The average molecular weight is 464 g/mol. The van der Waals surface area contributed by atoms with Gasteiger partial charge >= 0.3 is 0 Å². The molecule has 2 heterocycles. The van der Waals surface area contributed by atoms with Crippen LogP contribution in [0.4, 0.5) is 5.69 Å². The lowest BCUT2D eigenvalue weighted by molar-refractivity contribution is -0.135. The summed E-state index contributed by atoms with van der Waals surface area (Å²) in [5, 5.41) is 3.44. The second kappa shape index (κ2) is 10.7. The van der Waals surface area contributed by atoms with Crippen LogP contribution in [-0.2, 0) is 22.6 Å². The molecule has 4 rings (SSSR count). The first-order valence-electron chi connectivity index (χ1n) is 10.4. The van der Waals surface area contributed by atoms with E-state index in [2.05, 4.69) is 10.3 Å². The second-order valence-corrected chi connectivity index (χ2v) is 7.80. The number of nitrogens with one attached hydrogen (secondary N) is 1. The Bertz CT molecular complexity index is 1190. The molecule has 2 aromatic heterocycles. The zero-order chi connectivity index (χ0) is 23.0. The predicted molar refractivity (Wildman–Crippen MR) is 124 cm³/mol. The quantitative estimate of drug-likeness (QED) is 0.369. The van der Waals surface area contributed by atoms with Crippen LogP contribution in [0.3, 0.4) is 0 Å². The second-order valence-electron chi connectivity index (χ2n) is 7.37. The molecule has 33 heavy (non-hydrogen) atoms. The molecular weight excluding hydrogens is 442 g/mol. The Balaban J connectivity index is 1.38. The van der Waals surface area contributed by atoms with Crippen molar-refractivity contribution >= 4 is 29.1 Å². The fraction of sp³-hybridized carbons (Fsp3) is 0.160. The summed E-state index contributed by atoms with van der Waals surface area (Å²) in [7, 11) is 0. The van der Waals surface area contributed by atoms with Crippen LogP contribution in [0, 0.1) is 0 Å². The number of aryl methyl sites for hydroxylation is 1. The van der Waals surface area contributed by atoms with Crippen molar-refractivity contribution in [2.75, 3.05) is 11.9 Å². The standard InChI is InChI=1S/C25H22ClN3O4/c26-19-10-8-18(9-11-19)22-15-27-24(33-22)12-13-25(31)29(16-21-7-4-14-32-21)17-23(30)28-20-5-2-1-3-6-20/h1-11,14-15H,12-13,16-17H2,(H,28,30). The van der Waals surface area contributed by atoms with Crippen molar-refractivity contribution in [1.29, 1.82) is 0 Å². The molecule has 0 aliphatic rings. The number of furan rings is 1. The highest BCUT2D eigenvalue weighted by Gasteiger charge is 2.20. The van der Waals surface area contributed by atoms with Gasteiger partial charge in [-0.15, -0.1) is 0 Å². The number of anilines is 1. The van der Waals surface area contributed by atoms with Gasteiger partial charge in [0, 0.05) is 29.1 Å². The number of rotatable bonds is 9. The molecule has 0 aliphatic heterocycles. The topological polar surface area (TPSA) is 88.6 Å². The maximum Gasteiger partial charge on any atom is 0.244 e. The minimum atomic E-state index is -0.290. The number of carbonyl (C=O) groups is 2. The molecule has 0 saturated carbocycles. The minimum Gasteiger partial charge on any atom is -0.467 e. The van der Waals surface area contributed by atoms with E-state index < -0.39 is 0 Å². The number of aromatic nitrogens is 1. The fourth-order valence-electron chi connectivity index (χ4n) is 3.26. The Hall–Kier alpha value is -3.84. The van der Waals surface area contributed by atoms with Crippen molar-refractivity contribution in [1.82, 2.24) is 9.88 Å². The molecular formula is C25H22ClN3O4. The average Bonchev–Trinajstić information content (AvgIpc) is 3.50. The van der Waals surface area contributed by atoms with Crippen LogP contribution in [0.15, 0.2) is 88.0 Å². The molecule has 8 heteroatoms. The maximum atomic E-state index is 13.0. The third-order valence-corrected chi connectivity index (χ3v) is 5.16. The number of amides is 2. The van der Waals surface area contributed by atoms with Crippen molar-refractivity contribution in [2.24, 2.45) is 0 Å². The van der Waals surface area contributed by atoms with Crippen molar-refractivity contribution in [3.8, 4) is 11.3 Å². The summed E-state index contributed by atoms with van der Waals surface area (Å²) in [4.78, 5) is 31.2. The van der Waals surface area contributed by atoms with E-state index in [1.807, 2.05) is 30.3 Å². The summed E-state index contributed by atoms with van der Waals surface area (Å²) in [5.74, 6) is 1.14. The largest absolute Gasteiger partial charge is 0.467 e. The minimum absolute atomic E-state index is 0.101. The summed E-state index contributed by atoms with van der Waals surface area (Å²) in [6, 6.07) is 19.8. The number of hydrogen-bond acceptors (Lipinski definition) is 5.